The maximum Gasteiger partial charge on any atom is 0.343 e. The summed E-state index contributed by atoms with van der Waals surface area (Å²) in [6.07, 6.45) is 4.32. The summed E-state index contributed by atoms with van der Waals surface area (Å²) in [5.74, 6) is 1.78. The van der Waals surface area contributed by atoms with Crippen LogP contribution in [0.4, 0.5) is 0 Å². The second-order valence-electron chi connectivity index (χ2n) is 8.62. The number of hydrogen-bond acceptors (Lipinski definition) is 4. The van der Waals surface area contributed by atoms with E-state index in [-0.39, 0.29) is 17.6 Å². The van der Waals surface area contributed by atoms with Crippen molar-refractivity contribution in [2.75, 3.05) is 27.2 Å². The van der Waals surface area contributed by atoms with Crippen molar-refractivity contribution >= 4 is 5.91 Å². The molecular weight excluding hydrogens is 366 g/mol. The molecule has 7 nitrogen and oxygen atoms in total. The van der Waals surface area contributed by atoms with Crippen LogP contribution in [0.15, 0.2) is 29.1 Å². The van der Waals surface area contributed by atoms with Gasteiger partial charge in [0.2, 0.25) is 0 Å². The Balaban J connectivity index is 1.63. The highest BCUT2D eigenvalue weighted by atomic mass is 16.2. The van der Waals surface area contributed by atoms with E-state index in [2.05, 4.69) is 35.3 Å². The Kier molecular flexibility index (Phi) is 5.58. The van der Waals surface area contributed by atoms with E-state index >= 15 is 0 Å². The van der Waals surface area contributed by atoms with Crippen LogP contribution in [0.2, 0.25) is 0 Å². The minimum Gasteiger partial charge on any atom is -0.328 e. The monoisotopic (exact) mass is 397 g/mol. The van der Waals surface area contributed by atoms with Gasteiger partial charge in [0, 0.05) is 25.2 Å². The molecule has 0 spiro atoms. The van der Waals surface area contributed by atoms with Crippen molar-refractivity contribution in [2.24, 2.45) is 11.8 Å². The number of H-pyrrole nitrogens is 1. The van der Waals surface area contributed by atoms with Crippen molar-refractivity contribution < 1.29 is 4.79 Å². The highest BCUT2D eigenvalue weighted by molar-refractivity contribution is 5.94. The Labute approximate surface area is 171 Å². The highest BCUT2D eigenvalue weighted by Gasteiger charge is 2.47. The predicted molar refractivity (Wildman–Crippen MR) is 112 cm³/mol. The molecule has 4 rings (SSSR count). The van der Waals surface area contributed by atoms with Crippen LogP contribution in [0, 0.1) is 11.8 Å². The summed E-state index contributed by atoms with van der Waals surface area (Å²) in [6.45, 7) is 4.17. The van der Waals surface area contributed by atoms with Crippen molar-refractivity contribution in [3.8, 4) is 0 Å². The first-order valence-corrected chi connectivity index (χ1v) is 10.7. The minimum atomic E-state index is -0.193. The molecule has 1 amide bonds. The van der Waals surface area contributed by atoms with Gasteiger partial charge in [-0.25, -0.2) is 9.89 Å². The number of hydrogen-bond donors (Lipinski definition) is 1. The lowest BCUT2D eigenvalue weighted by atomic mass is 9.94. The molecule has 156 valence electrons. The van der Waals surface area contributed by atoms with Gasteiger partial charge in [-0.3, -0.25) is 9.36 Å². The molecular formula is C22H31N5O2. The summed E-state index contributed by atoms with van der Waals surface area (Å²) in [4.78, 5) is 29.8. The fourth-order valence-electron chi connectivity index (χ4n) is 4.63. The lowest BCUT2D eigenvalue weighted by molar-refractivity contribution is 0.0700. The second-order valence-corrected chi connectivity index (χ2v) is 8.62. The molecule has 1 aliphatic heterocycles. The van der Waals surface area contributed by atoms with Crippen LogP contribution in [0.3, 0.4) is 0 Å². The van der Waals surface area contributed by atoms with E-state index in [0.717, 1.165) is 31.5 Å². The van der Waals surface area contributed by atoms with E-state index in [4.69, 9.17) is 0 Å². The zero-order chi connectivity index (χ0) is 20.5. The maximum absolute atomic E-state index is 13.5. The number of nitrogens with one attached hydrogen (secondary N) is 1. The van der Waals surface area contributed by atoms with Crippen LogP contribution < -0.4 is 5.69 Å². The van der Waals surface area contributed by atoms with Gasteiger partial charge in [0.25, 0.3) is 5.91 Å². The first kappa shape index (κ1) is 19.9. The highest BCUT2D eigenvalue weighted by Crippen LogP contribution is 2.50. The molecule has 29 heavy (non-hydrogen) atoms. The number of aromatic nitrogens is 3. The first-order valence-electron chi connectivity index (χ1n) is 10.7. The molecule has 1 aromatic heterocycles. The normalized spacial score (nSPS) is 21.9. The molecule has 1 N–H and O–H groups in total. The van der Waals surface area contributed by atoms with Gasteiger partial charge in [0.05, 0.1) is 6.04 Å². The molecule has 2 heterocycles. The van der Waals surface area contributed by atoms with Gasteiger partial charge in [-0.15, -0.1) is 0 Å². The standard InChI is InChI=1S/C22H31N5O2/c1-4-26-20(23-24-22(26)29)19-18(16-8-9-16)11-13-27(19)21(28)17-7-5-6-15(14-17)10-12-25(2)3/h5-7,14,16,18-19H,4,8-13H2,1-3H3,(H,24,29). The topological polar surface area (TPSA) is 74.2 Å². The van der Waals surface area contributed by atoms with E-state index in [1.165, 1.54) is 18.4 Å². The van der Waals surface area contributed by atoms with Crippen LogP contribution >= 0.6 is 0 Å². The van der Waals surface area contributed by atoms with E-state index in [1.807, 2.05) is 30.0 Å². The van der Waals surface area contributed by atoms with Crippen LogP contribution in [-0.4, -0.2) is 57.7 Å². The Morgan fingerprint density at radius 3 is 2.76 bits per heavy atom. The number of likely N-dealkylation sites (tertiary alicyclic amines) is 1. The van der Waals surface area contributed by atoms with E-state index in [9.17, 15) is 9.59 Å². The molecule has 2 atom stereocenters. The molecule has 2 aliphatic rings. The van der Waals surface area contributed by atoms with Crippen molar-refractivity contribution in [3.05, 3.63) is 51.7 Å². The molecule has 7 heteroatoms. The van der Waals surface area contributed by atoms with Gasteiger partial charge in [-0.1, -0.05) is 12.1 Å². The summed E-state index contributed by atoms with van der Waals surface area (Å²) < 4.78 is 1.68. The Bertz CT molecular complexity index is 927. The Hall–Kier alpha value is -2.41. The third-order valence-corrected chi connectivity index (χ3v) is 6.32. The Morgan fingerprint density at radius 2 is 2.07 bits per heavy atom. The largest absolute Gasteiger partial charge is 0.343 e. The average molecular weight is 398 g/mol. The number of nitrogens with zero attached hydrogens (tertiary/aromatic N) is 4. The van der Waals surface area contributed by atoms with E-state index < -0.39 is 0 Å². The van der Waals surface area contributed by atoms with Crippen molar-refractivity contribution in [1.29, 1.82) is 0 Å². The quantitative estimate of drug-likeness (QED) is 0.778. The van der Waals surface area contributed by atoms with Crippen LogP contribution in [0.5, 0.6) is 0 Å². The molecule has 2 fully saturated rings. The summed E-state index contributed by atoms with van der Waals surface area (Å²) in [5, 5.41) is 6.94. The van der Waals surface area contributed by atoms with Gasteiger partial charge in [-0.2, -0.15) is 5.10 Å². The summed E-state index contributed by atoms with van der Waals surface area (Å²) in [6, 6.07) is 7.85. The molecule has 1 aromatic carbocycles. The summed E-state index contributed by atoms with van der Waals surface area (Å²) in [5.41, 5.74) is 1.70. The summed E-state index contributed by atoms with van der Waals surface area (Å²) in [7, 11) is 4.11. The van der Waals surface area contributed by atoms with Crippen molar-refractivity contribution in [3.63, 3.8) is 0 Å². The predicted octanol–water partition coefficient (Wildman–Crippen LogP) is 2.31. The maximum atomic E-state index is 13.5. The van der Waals surface area contributed by atoms with Crippen LogP contribution in [0.25, 0.3) is 0 Å². The lowest BCUT2D eigenvalue weighted by Gasteiger charge is -2.28. The zero-order valence-electron chi connectivity index (χ0n) is 17.6. The SMILES string of the molecule is CCn1c(C2C(C3CC3)CCN2C(=O)c2cccc(CCN(C)C)c2)n[nH]c1=O. The van der Waals surface area contributed by atoms with E-state index in [1.54, 1.807) is 4.57 Å². The second kappa shape index (κ2) is 8.14. The van der Waals surface area contributed by atoms with Gasteiger partial charge in [0.1, 0.15) is 0 Å². The molecule has 1 aliphatic carbocycles. The Morgan fingerprint density at radius 1 is 1.28 bits per heavy atom. The third kappa shape index (κ3) is 4.01. The number of amides is 1. The molecule has 2 unspecified atom stereocenters. The zero-order valence-corrected chi connectivity index (χ0v) is 17.6. The number of benzene rings is 1. The number of aromatic amines is 1. The lowest BCUT2D eigenvalue weighted by Crippen LogP contribution is -2.35. The number of likely N-dealkylation sites (N-methyl/N-ethyl adjacent to an activating group) is 1. The number of carbonyl (C=O) groups excluding carboxylic acids is 1. The van der Waals surface area contributed by atoms with Gasteiger partial charge in [-0.05, 0) is 76.2 Å². The van der Waals surface area contributed by atoms with Crippen molar-refractivity contribution in [2.45, 2.75) is 45.2 Å². The molecule has 0 bridgehead atoms. The smallest absolute Gasteiger partial charge is 0.328 e. The molecule has 1 saturated carbocycles. The average Bonchev–Trinajstić information content (AvgIpc) is 3.36. The van der Waals surface area contributed by atoms with Crippen molar-refractivity contribution in [1.82, 2.24) is 24.6 Å². The number of carbonyl (C=O) groups is 1. The summed E-state index contributed by atoms with van der Waals surface area (Å²) >= 11 is 0. The van der Waals surface area contributed by atoms with Crippen LogP contribution in [0.1, 0.15) is 54.0 Å². The van der Waals surface area contributed by atoms with Gasteiger partial charge in [0.15, 0.2) is 5.82 Å². The molecule has 2 aromatic rings. The van der Waals surface area contributed by atoms with Gasteiger partial charge < -0.3 is 9.80 Å². The number of rotatable bonds is 7. The molecule has 1 saturated heterocycles. The fourth-order valence-corrected chi connectivity index (χ4v) is 4.63. The first-order chi connectivity index (χ1) is 14.0. The fraction of sp³-hybridized carbons (Fsp3) is 0.591. The third-order valence-electron chi connectivity index (χ3n) is 6.32. The minimum absolute atomic E-state index is 0.0444. The van der Waals surface area contributed by atoms with Gasteiger partial charge >= 0.3 is 5.69 Å². The van der Waals surface area contributed by atoms with Crippen LogP contribution in [-0.2, 0) is 13.0 Å². The molecule has 0 radical (unpaired) electrons. The van der Waals surface area contributed by atoms with E-state index in [0.29, 0.717) is 24.2 Å².